The lowest BCUT2D eigenvalue weighted by atomic mass is 9.93. The van der Waals surface area contributed by atoms with E-state index >= 15 is 0 Å². The van der Waals surface area contributed by atoms with Gasteiger partial charge in [0.25, 0.3) is 0 Å². The number of benzene rings is 2. The number of hydrogen-bond donors (Lipinski definition) is 1. The Morgan fingerprint density at radius 3 is 2.34 bits per heavy atom. The molecule has 5 aromatic rings. The molecular weight excluding hydrogens is 470 g/mol. The number of pyridine rings is 2. The molecule has 2 aromatic carbocycles. The van der Waals surface area contributed by atoms with E-state index in [2.05, 4.69) is 60.4 Å². The second kappa shape index (κ2) is 10.8. The monoisotopic (exact) mass is 497 g/mol. The average Bonchev–Trinajstić information content (AvgIpc) is 3.49. The van der Waals surface area contributed by atoms with Crippen molar-refractivity contribution in [3.63, 3.8) is 0 Å². The molecule has 3 aromatic heterocycles. The molecule has 0 atom stereocenters. The van der Waals surface area contributed by atoms with Gasteiger partial charge in [-0.15, -0.1) is 10.2 Å². The van der Waals surface area contributed by atoms with Crippen LogP contribution >= 0.6 is 0 Å². The Bertz CT molecular complexity index is 1550. The molecule has 0 saturated carbocycles. The van der Waals surface area contributed by atoms with E-state index in [0.717, 1.165) is 72.1 Å². The van der Waals surface area contributed by atoms with Gasteiger partial charge in [-0.25, -0.2) is 4.98 Å². The van der Waals surface area contributed by atoms with Gasteiger partial charge in [-0.2, -0.15) is 5.26 Å². The summed E-state index contributed by atoms with van der Waals surface area (Å²) in [5.74, 6) is 2.07. The van der Waals surface area contributed by atoms with E-state index < -0.39 is 0 Å². The van der Waals surface area contributed by atoms with Crippen LogP contribution in [0.1, 0.15) is 35.8 Å². The molecule has 7 heteroatoms. The summed E-state index contributed by atoms with van der Waals surface area (Å²) in [4.78, 5) is 14.6. The normalized spacial score (nSPS) is 14.3. The van der Waals surface area contributed by atoms with Crippen molar-refractivity contribution in [1.29, 1.82) is 5.26 Å². The first-order chi connectivity index (χ1) is 18.8. The Morgan fingerprint density at radius 2 is 1.61 bits per heavy atom. The SMILES string of the molecule is N#Cc1nccc(-c2ccc(CN3CCC(c4nnc(-c5ccccn5)[nH]4)CC3)cc2)c1-c1ccccc1. The van der Waals surface area contributed by atoms with Gasteiger partial charge in [-0.1, -0.05) is 60.7 Å². The summed E-state index contributed by atoms with van der Waals surface area (Å²) < 4.78 is 0. The quantitative estimate of drug-likeness (QED) is 0.316. The van der Waals surface area contributed by atoms with Gasteiger partial charge in [-0.05, 0) is 66.4 Å². The summed E-state index contributed by atoms with van der Waals surface area (Å²) in [5, 5.41) is 18.4. The minimum absolute atomic E-state index is 0.385. The largest absolute Gasteiger partial charge is 0.323 e. The van der Waals surface area contributed by atoms with Gasteiger partial charge < -0.3 is 4.98 Å². The molecule has 6 rings (SSSR count). The van der Waals surface area contributed by atoms with Crippen LogP contribution in [-0.2, 0) is 6.54 Å². The zero-order valence-corrected chi connectivity index (χ0v) is 21.0. The van der Waals surface area contributed by atoms with Crippen LogP contribution in [0.3, 0.4) is 0 Å². The van der Waals surface area contributed by atoms with E-state index in [0.29, 0.717) is 11.6 Å². The summed E-state index contributed by atoms with van der Waals surface area (Å²) in [6.07, 6.45) is 5.57. The van der Waals surface area contributed by atoms with Gasteiger partial charge in [0.2, 0.25) is 0 Å². The topological polar surface area (TPSA) is 94.4 Å². The maximum atomic E-state index is 9.69. The Labute approximate surface area is 221 Å². The first-order valence-corrected chi connectivity index (χ1v) is 12.9. The van der Waals surface area contributed by atoms with Crippen LogP contribution in [-0.4, -0.2) is 43.1 Å². The number of nitrogens with zero attached hydrogens (tertiary/aromatic N) is 6. The fraction of sp³-hybridized carbons (Fsp3) is 0.194. The molecule has 1 saturated heterocycles. The van der Waals surface area contributed by atoms with Crippen LogP contribution in [0.5, 0.6) is 0 Å². The van der Waals surface area contributed by atoms with Crippen LogP contribution in [0.2, 0.25) is 0 Å². The van der Waals surface area contributed by atoms with Gasteiger partial charge in [0, 0.05) is 30.4 Å². The third kappa shape index (κ3) is 4.95. The molecule has 4 heterocycles. The molecular formula is C31H27N7. The molecule has 1 N–H and O–H groups in total. The van der Waals surface area contributed by atoms with Crippen molar-refractivity contribution in [3.8, 4) is 39.8 Å². The highest BCUT2D eigenvalue weighted by Crippen LogP contribution is 2.34. The van der Waals surface area contributed by atoms with Crippen molar-refractivity contribution in [2.75, 3.05) is 13.1 Å². The lowest BCUT2D eigenvalue weighted by molar-refractivity contribution is 0.202. The summed E-state index contributed by atoms with van der Waals surface area (Å²) in [5.41, 5.74) is 6.52. The molecule has 0 unspecified atom stereocenters. The number of nitriles is 1. The van der Waals surface area contributed by atoms with Crippen molar-refractivity contribution in [2.24, 2.45) is 0 Å². The number of piperidine rings is 1. The van der Waals surface area contributed by atoms with E-state index in [1.807, 2.05) is 54.6 Å². The summed E-state index contributed by atoms with van der Waals surface area (Å²) >= 11 is 0. The van der Waals surface area contributed by atoms with Crippen LogP contribution in [0, 0.1) is 11.3 Å². The summed E-state index contributed by atoms with van der Waals surface area (Å²) in [6.45, 7) is 2.94. The lowest BCUT2D eigenvalue weighted by Gasteiger charge is -2.30. The minimum Gasteiger partial charge on any atom is -0.323 e. The molecule has 0 radical (unpaired) electrons. The molecule has 1 aliphatic heterocycles. The molecule has 0 bridgehead atoms. The van der Waals surface area contributed by atoms with Gasteiger partial charge in [0.05, 0.1) is 0 Å². The third-order valence-corrected chi connectivity index (χ3v) is 7.18. The summed E-state index contributed by atoms with van der Waals surface area (Å²) in [6, 6.07) is 28.7. The number of hydrogen-bond acceptors (Lipinski definition) is 6. The molecule has 1 aliphatic rings. The van der Waals surface area contributed by atoms with Crippen LogP contribution in [0.25, 0.3) is 33.8 Å². The van der Waals surface area contributed by atoms with Crippen molar-refractivity contribution in [3.05, 3.63) is 108 Å². The molecule has 0 spiro atoms. The van der Waals surface area contributed by atoms with E-state index in [4.69, 9.17) is 0 Å². The van der Waals surface area contributed by atoms with Crippen LogP contribution in [0.4, 0.5) is 0 Å². The Hall–Kier alpha value is -4.67. The Morgan fingerprint density at radius 1 is 0.816 bits per heavy atom. The first-order valence-electron chi connectivity index (χ1n) is 12.9. The highest BCUT2D eigenvalue weighted by molar-refractivity contribution is 5.86. The second-order valence-corrected chi connectivity index (χ2v) is 9.58. The molecule has 0 aliphatic carbocycles. The number of likely N-dealkylation sites (tertiary alicyclic amines) is 1. The minimum atomic E-state index is 0.385. The van der Waals surface area contributed by atoms with Crippen molar-refractivity contribution < 1.29 is 0 Å². The second-order valence-electron chi connectivity index (χ2n) is 9.58. The summed E-state index contributed by atoms with van der Waals surface area (Å²) in [7, 11) is 0. The van der Waals surface area contributed by atoms with Crippen LogP contribution < -0.4 is 0 Å². The zero-order valence-electron chi connectivity index (χ0n) is 21.0. The lowest BCUT2D eigenvalue weighted by Crippen LogP contribution is -2.32. The predicted molar refractivity (Wildman–Crippen MR) is 147 cm³/mol. The zero-order chi connectivity index (χ0) is 25.7. The fourth-order valence-electron chi connectivity index (χ4n) is 5.17. The van der Waals surface area contributed by atoms with Crippen molar-refractivity contribution in [1.82, 2.24) is 30.0 Å². The fourth-order valence-corrected chi connectivity index (χ4v) is 5.17. The number of H-pyrrole nitrogens is 1. The Balaban J connectivity index is 1.12. The predicted octanol–water partition coefficient (Wildman–Crippen LogP) is 5.85. The number of aromatic amines is 1. The van der Waals surface area contributed by atoms with Gasteiger partial charge >= 0.3 is 0 Å². The van der Waals surface area contributed by atoms with Gasteiger partial charge in [0.15, 0.2) is 5.82 Å². The number of aromatic nitrogens is 5. The highest BCUT2D eigenvalue weighted by Gasteiger charge is 2.24. The third-order valence-electron chi connectivity index (χ3n) is 7.18. The highest BCUT2D eigenvalue weighted by atomic mass is 15.2. The number of nitrogens with one attached hydrogen (secondary N) is 1. The van der Waals surface area contributed by atoms with E-state index in [9.17, 15) is 5.26 Å². The first kappa shape index (κ1) is 23.7. The smallest absolute Gasteiger partial charge is 0.179 e. The van der Waals surface area contributed by atoms with E-state index in [-0.39, 0.29) is 0 Å². The van der Waals surface area contributed by atoms with Crippen molar-refractivity contribution in [2.45, 2.75) is 25.3 Å². The van der Waals surface area contributed by atoms with E-state index in [1.165, 1.54) is 5.56 Å². The molecule has 38 heavy (non-hydrogen) atoms. The van der Waals surface area contributed by atoms with E-state index in [1.54, 1.807) is 12.4 Å². The molecule has 1 fully saturated rings. The Kier molecular flexibility index (Phi) is 6.71. The molecule has 7 nitrogen and oxygen atoms in total. The molecule has 186 valence electrons. The maximum absolute atomic E-state index is 9.69. The number of rotatable bonds is 6. The average molecular weight is 498 g/mol. The van der Waals surface area contributed by atoms with Crippen molar-refractivity contribution >= 4 is 0 Å². The van der Waals surface area contributed by atoms with Gasteiger partial charge in [-0.3, -0.25) is 9.88 Å². The maximum Gasteiger partial charge on any atom is 0.179 e. The molecule has 0 amide bonds. The van der Waals surface area contributed by atoms with Gasteiger partial charge in [0.1, 0.15) is 23.3 Å². The standard InChI is InChI=1S/C31H27N7/c32-20-28-29(24-6-2-1-3-7-24)26(13-17-34-28)23-11-9-22(10-12-23)21-38-18-14-25(15-19-38)30-35-31(37-36-30)27-8-4-5-16-33-27/h1-13,16-17,25H,14-15,18-19,21H2,(H,35,36,37). The van der Waals surface area contributed by atoms with Crippen LogP contribution in [0.15, 0.2) is 91.3 Å².